The van der Waals surface area contributed by atoms with Crippen LogP contribution in [0.2, 0.25) is 0 Å². The molecule has 9 atom stereocenters. The van der Waals surface area contributed by atoms with Crippen molar-refractivity contribution in [3.05, 3.63) is 95.3 Å². The molecule has 0 radical (unpaired) electrons. The Hall–Kier alpha value is -3.51. The molecule has 1 saturated heterocycles. The van der Waals surface area contributed by atoms with Crippen LogP contribution in [0.1, 0.15) is 84.2 Å². The van der Waals surface area contributed by atoms with Crippen molar-refractivity contribution in [3.63, 3.8) is 0 Å². The minimum Gasteiger partial charge on any atom is -0.496 e. The van der Waals surface area contributed by atoms with Gasteiger partial charge in [0.15, 0.2) is 0 Å². The molecule has 10 nitrogen and oxygen atoms in total. The van der Waals surface area contributed by atoms with Gasteiger partial charge in [0.25, 0.3) is 0 Å². The van der Waals surface area contributed by atoms with E-state index >= 15 is 0 Å². The van der Waals surface area contributed by atoms with Crippen LogP contribution in [0.15, 0.2) is 78.6 Å². The smallest absolute Gasteiger partial charge is 0.240 e. The highest BCUT2D eigenvalue weighted by Crippen LogP contribution is 2.61. The molecule has 0 spiro atoms. The Bertz CT molecular complexity index is 1730. The third kappa shape index (κ3) is 9.77. The number of hydroxylamine groups is 2. The predicted octanol–water partition coefficient (Wildman–Crippen LogP) is 6.25. The summed E-state index contributed by atoms with van der Waals surface area (Å²) in [6.45, 7) is 19.7. The van der Waals surface area contributed by atoms with E-state index in [2.05, 4.69) is 83.0 Å². The number of aliphatic hydroxyl groups excluding tert-OH is 3. The number of benzene rings is 2. The van der Waals surface area contributed by atoms with Crippen LogP contribution in [0.5, 0.6) is 0 Å². The number of allylic oxidation sites excluding steroid dienone is 3. The van der Waals surface area contributed by atoms with E-state index in [0.29, 0.717) is 41.2 Å². The molecule has 2 bridgehead atoms. The molecule has 1 aliphatic heterocycles. The van der Waals surface area contributed by atoms with Crippen LogP contribution in [0.4, 0.5) is 5.69 Å². The molecule has 10 heteroatoms. The molecule has 2 aromatic rings. The number of aliphatic hydroxyl groups is 3. The highest BCUT2D eigenvalue weighted by Gasteiger charge is 2.57. The lowest BCUT2D eigenvalue weighted by molar-refractivity contribution is -0.173. The summed E-state index contributed by atoms with van der Waals surface area (Å²) in [5.41, 5.74) is 5.00. The van der Waals surface area contributed by atoms with Crippen molar-refractivity contribution in [3.8, 4) is 0 Å². The van der Waals surface area contributed by atoms with Gasteiger partial charge in [0, 0.05) is 49.4 Å². The zero-order valence-electron chi connectivity index (χ0n) is 35.4. The lowest BCUT2D eigenvalue weighted by Crippen LogP contribution is -2.62. The summed E-state index contributed by atoms with van der Waals surface area (Å²) < 4.78 is 6.17. The standard InChI is InChI=1S/C46H68N4O6/c1-28(26-50-41(40(30(3)52)39(27-51)56-50)44(54)48-38-25-34-24-37(29(38)2)46(34,7)8)42(55-11)36(17-19-45(4,5)6)32-21-33(23-35(22-32)49(9)10)43(53)47-20-18-31-15-13-12-14-16-31/h12-17,19,21-23,29-30,34,37-41,43,47,51-53H,1,18,20,24-27H2,2-11H3,(H,48,54)/t29-,30-,34+,37-,38-,39-,40+,41-,43?/m0/s1. The number of hydrogen-bond donors (Lipinski definition) is 5. The van der Waals surface area contributed by atoms with Gasteiger partial charge in [-0.05, 0) is 89.7 Å². The zero-order chi connectivity index (χ0) is 41.1. The predicted molar refractivity (Wildman–Crippen MR) is 224 cm³/mol. The third-order valence-corrected chi connectivity index (χ3v) is 12.6. The maximum atomic E-state index is 14.3. The van der Waals surface area contributed by atoms with E-state index in [1.807, 2.05) is 55.4 Å². The lowest BCUT2D eigenvalue weighted by atomic mass is 9.45. The Morgan fingerprint density at radius 2 is 1.84 bits per heavy atom. The van der Waals surface area contributed by atoms with Gasteiger partial charge in [-0.3, -0.25) is 14.9 Å². The van der Waals surface area contributed by atoms with Crippen LogP contribution in [0.3, 0.4) is 0 Å². The van der Waals surface area contributed by atoms with Crippen LogP contribution >= 0.6 is 0 Å². The summed E-state index contributed by atoms with van der Waals surface area (Å²) in [5.74, 6) is 1.04. The Morgan fingerprint density at radius 3 is 2.41 bits per heavy atom. The van der Waals surface area contributed by atoms with Gasteiger partial charge in [0.2, 0.25) is 5.91 Å². The first kappa shape index (κ1) is 43.6. The zero-order valence-corrected chi connectivity index (χ0v) is 35.4. The molecular weight excluding hydrogens is 705 g/mol. The molecule has 4 aliphatic rings. The number of carbonyl (C=O) groups excluding carboxylic acids is 1. The second-order valence-corrected chi connectivity index (χ2v) is 18.3. The second-order valence-electron chi connectivity index (χ2n) is 18.3. The van der Waals surface area contributed by atoms with Gasteiger partial charge >= 0.3 is 0 Å². The Labute approximate surface area is 335 Å². The van der Waals surface area contributed by atoms with Crippen LogP contribution in [0.25, 0.3) is 5.57 Å². The van der Waals surface area contributed by atoms with Gasteiger partial charge in [-0.15, -0.1) is 0 Å². The Balaban J connectivity index is 1.47. The van der Waals surface area contributed by atoms with Crippen LogP contribution < -0.4 is 15.5 Å². The van der Waals surface area contributed by atoms with Crippen LogP contribution in [0, 0.1) is 34.5 Å². The van der Waals surface area contributed by atoms with Gasteiger partial charge in [0.1, 0.15) is 24.1 Å². The minimum atomic E-state index is -0.923. The van der Waals surface area contributed by atoms with E-state index in [-0.39, 0.29) is 35.9 Å². The van der Waals surface area contributed by atoms with Crippen LogP contribution in [-0.2, 0) is 20.8 Å². The largest absolute Gasteiger partial charge is 0.496 e. The van der Waals surface area contributed by atoms with Crippen molar-refractivity contribution < 1.29 is 29.7 Å². The topological polar surface area (TPSA) is 127 Å². The Kier molecular flexibility index (Phi) is 14.0. The number of rotatable bonds is 16. The van der Waals surface area contributed by atoms with E-state index in [9.17, 15) is 20.1 Å². The summed E-state index contributed by atoms with van der Waals surface area (Å²) in [5, 5.41) is 41.0. The first-order valence-corrected chi connectivity index (χ1v) is 20.3. The normalized spacial score (nSPS) is 27.6. The Morgan fingerprint density at radius 1 is 1.14 bits per heavy atom. The molecule has 2 aromatic carbocycles. The summed E-state index contributed by atoms with van der Waals surface area (Å²) in [6, 6.07) is 15.3. The van der Waals surface area contributed by atoms with Crippen molar-refractivity contribution >= 4 is 17.2 Å². The average Bonchev–Trinajstić information content (AvgIpc) is 3.52. The van der Waals surface area contributed by atoms with E-state index < -0.39 is 30.4 Å². The number of methoxy groups -OCH3 is 1. The number of hydrogen-bond acceptors (Lipinski definition) is 9. The maximum absolute atomic E-state index is 14.3. The fourth-order valence-corrected chi connectivity index (χ4v) is 9.15. The quantitative estimate of drug-likeness (QED) is 0.0765. The number of ether oxygens (including phenoxy) is 1. The van der Waals surface area contributed by atoms with Crippen molar-refractivity contribution in [2.45, 2.75) is 98.2 Å². The molecule has 4 fully saturated rings. The molecule has 308 valence electrons. The van der Waals surface area contributed by atoms with E-state index in [0.717, 1.165) is 29.7 Å². The summed E-state index contributed by atoms with van der Waals surface area (Å²) in [6.07, 6.45) is 4.41. The average molecular weight is 773 g/mol. The number of carbonyl (C=O) groups is 1. The fourth-order valence-electron chi connectivity index (χ4n) is 9.15. The van der Waals surface area contributed by atoms with Gasteiger partial charge in [0.05, 0.1) is 26.4 Å². The van der Waals surface area contributed by atoms with Gasteiger partial charge in [-0.25, -0.2) is 0 Å². The maximum Gasteiger partial charge on any atom is 0.240 e. The number of fused-ring (bicyclic) bond motifs is 2. The molecule has 1 heterocycles. The molecule has 1 unspecified atom stereocenters. The molecule has 6 rings (SSSR count). The molecule has 56 heavy (non-hydrogen) atoms. The summed E-state index contributed by atoms with van der Waals surface area (Å²) in [7, 11) is 5.53. The minimum absolute atomic E-state index is 0.0251. The SMILES string of the molecule is C=C(CN1O[C@@H](CO)[C@@H]([C@H](C)O)[C@H]1C(=O)N[C@H]1C[C@H]2C[C@@H]([C@@H]1C)C2(C)C)C(OC)=C(C=CC(C)(C)C)c1cc(C(O)NCCc2ccccc2)cc(N(C)C)c1. The summed E-state index contributed by atoms with van der Waals surface area (Å²) >= 11 is 0. The lowest BCUT2D eigenvalue weighted by Gasteiger charge is -2.62. The van der Waals surface area contributed by atoms with E-state index in [1.165, 1.54) is 12.0 Å². The first-order chi connectivity index (χ1) is 26.4. The van der Waals surface area contributed by atoms with Crippen LogP contribution in [-0.4, -0.2) is 91.5 Å². The molecule has 0 aromatic heterocycles. The van der Waals surface area contributed by atoms with Gasteiger partial charge in [-0.1, -0.05) is 90.6 Å². The fraction of sp³-hybridized carbons (Fsp3) is 0.587. The number of amides is 1. The highest BCUT2D eigenvalue weighted by molar-refractivity contribution is 5.83. The van der Waals surface area contributed by atoms with Crippen molar-refractivity contribution in [2.24, 2.45) is 34.5 Å². The molecule has 3 saturated carbocycles. The highest BCUT2D eigenvalue weighted by atomic mass is 16.7. The van der Waals surface area contributed by atoms with Gasteiger partial charge < -0.3 is 30.3 Å². The number of nitrogens with one attached hydrogen (secondary N) is 2. The van der Waals surface area contributed by atoms with Crippen molar-refractivity contribution in [1.82, 2.24) is 15.7 Å². The number of nitrogens with zero attached hydrogens (tertiary/aromatic N) is 2. The van der Waals surface area contributed by atoms with E-state index in [4.69, 9.17) is 9.57 Å². The van der Waals surface area contributed by atoms with Crippen molar-refractivity contribution in [2.75, 3.05) is 45.8 Å². The van der Waals surface area contributed by atoms with E-state index in [1.54, 1.807) is 19.1 Å². The molecule has 3 aliphatic carbocycles. The van der Waals surface area contributed by atoms with Gasteiger partial charge in [-0.2, -0.15) is 5.06 Å². The first-order valence-electron chi connectivity index (χ1n) is 20.3. The monoisotopic (exact) mass is 773 g/mol. The van der Waals surface area contributed by atoms with Crippen molar-refractivity contribution in [1.29, 1.82) is 0 Å². The second kappa shape index (κ2) is 18.0. The molecular formula is C46H68N4O6. The molecule has 1 amide bonds. The third-order valence-electron chi connectivity index (χ3n) is 12.6. The summed E-state index contributed by atoms with van der Waals surface area (Å²) in [4.78, 5) is 22.6. The number of anilines is 1. The molecule has 5 N–H and O–H groups in total.